The molecule has 2 aromatic rings. The summed E-state index contributed by atoms with van der Waals surface area (Å²) in [5.74, 6) is 0.756. The predicted octanol–water partition coefficient (Wildman–Crippen LogP) is 2.90. The van der Waals surface area contributed by atoms with Gasteiger partial charge < -0.3 is 4.74 Å². The van der Waals surface area contributed by atoms with Gasteiger partial charge in [0.1, 0.15) is 12.4 Å². The molecule has 0 fully saturated rings. The van der Waals surface area contributed by atoms with Crippen LogP contribution >= 0.6 is 11.3 Å². The number of aromatic nitrogens is 1. The molecular formula is C12H10N2OS. The first-order valence-electron chi connectivity index (χ1n) is 4.81. The Bertz CT molecular complexity index is 511. The molecule has 0 spiro atoms. The number of thiazole rings is 1. The number of rotatable bonds is 3. The molecule has 3 nitrogen and oxygen atoms in total. The minimum absolute atomic E-state index is 0.473. The third-order valence-corrected chi connectivity index (χ3v) is 3.00. The second-order valence-corrected chi connectivity index (χ2v) is 4.34. The molecule has 2 rings (SSSR count). The normalized spacial score (nSPS) is 9.75. The lowest BCUT2D eigenvalue weighted by Crippen LogP contribution is -1.97. The molecule has 0 aliphatic heterocycles. The smallest absolute Gasteiger partial charge is 0.131 e. The minimum atomic E-state index is 0.473. The largest absolute Gasteiger partial charge is 0.487 e. The van der Waals surface area contributed by atoms with Crippen molar-refractivity contribution < 1.29 is 4.74 Å². The van der Waals surface area contributed by atoms with Crippen molar-refractivity contribution in [2.45, 2.75) is 13.5 Å². The van der Waals surface area contributed by atoms with E-state index in [-0.39, 0.29) is 0 Å². The monoisotopic (exact) mass is 230 g/mol. The van der Waals surface area contributed by atoms with Gasteiger partial charge in [0.2, 0.25) is 0 Å². The van der Waals surface area contributed by atoms with E-state index >= 15 is 0 Å². The molecule has 0 aliphatic carbocycles. The van der Waals surface area contributed by atoms with Crippen molar-refractivity contribution >= 4 is 11.3 Å². The molecule has 16 heavy (non-hydrogen) atoms. The van der Waals surface area contributed by atoms with Gasteiger partial charge in [-0.3, -0.25) is 0 Å². The van der Waals surface area contributed by atoms with E-state index in [0.29, 0.717) is 12.2 Å². The average molecular weight is 230 g/mol. The standard InChI is InChI=1S/C12H10N2OS/c1-9-12(14-8-16-9)7-15-11-4-2-10(6-13)3-5-11/h2-5,8H,7H2,1H3. The summed E-state index contributed by atoms with van der Waals surface area (Å²) in [6, 6.07) is 9.13. The molecule has 0 saturated carbocycles. The zero-order chi connectivity index (χ0) is 11.4. The Balaban J connectivity index is 2.00. The molecule has 0 saturated heterocycles. The molecular weight excluding hydrogens is 220 g/mol. The first kappa shape index (κ1) is 10.7. The second-order valence-electron chi connectivity index (χ2n) is 3.28. The van der Waals surface area contributed by atoms with Crippen LogP contribution in [0.4, 0.5) is 0 Å². The van der Waals surface area contributed by atoms with Crippen LogP contribution in [0.3, 0.4) is 0 Å². The minimum Gasteiger partial charge on any atom is -0.487 e. The average Bonchev–Trinajstić information content (AvgIpc) is 2.73. The first-order chi connectivity index (χ1) is 7.79. The van der Waals surface area contributed by atoms with Gasteiger partial charge in [-0.05, 0) is 31.2 Å². The molecule has 1 aromatic heterocycles. The number of nitrogens with zero attached hydrogens (tertiary/aromatic N) is 2. The van der Waals surface area contributed by atoms with E-state index in [0.717, 1.165) is 11.4 Å². The molecule has 80 valence electrons. The fourth-order valence-corrected chi connectivity index (χ4v) is 1.83. The van der Waals surface area contributed by atoms with E-state index in [9.17, 15) is 0 Å². The number of benzene rings is 1. The van der Waals surface area contributed by atoms with Crippen LogP contribution in [0.15, 0.2) is 29.8 Å². The van der Waals surface area contributed by atoms with Crippen molar-refractivity contribution in [2.24, 2.45) is 0 Å². The summed E-state index contributed by atoms with van der Waals surface area (Å²) < 4.78 is 5.57. The van der Waals surface area contributed by atoms with Gasteiger partial charge in [-0.1, -0.05) is 0 Å². The molecule has 0 amide bonds. The Morgan fingerprint density at radius 3 is 2.69 bits per heavy atom. The molecule has 0 radical (unpaired) electrons. The van der Waals surface area contributed by atoms with Crippen LogP contribution in [0.1, 0.15) is 16.1 Å². The van der Waals surface area contributed by atoms with Crippen LogP contribution in [0.25, 0.3) is 0 Å². The van der Waals surface area contributed by atoms with Crippen molar-refractivity contribution in [1.82, 2.24) is 4.98 Å². The van der Waals surface area contributed by atoms with E-state index in [2.05, 4.69) is 11.1 Å². The van der Waals surface area contributed by atoms with Gasteiger partial charge in [0.05, 0.1) is 22.8 Å². The van der Waals surface area contributed by atoms with Gasteiger partial charge in [0.25, 0.3) is 0 Å². The maximum absolute atomic E-state index is 8.65. The fraction of sp³-hybridized carbons (Fsp3) is 0.167. The molecule has 0 aliphatic rings. The van der Waals surface area contributed by atoms with E-state index in [1.165, 1.54) is 4.88 Å². The number of aryl methyl sites for hydroxylation is 1. The van der Waals surface area contributed by atoms with E-state index in [1.54, 1.807) is 35.6 Å². The zero-order valence-corrected chi connectivity index (χ0v) is 9.62. The SMILES string of the molecule is Cc1scnc1COc1ccc(C#N)cc1. The maximum Gasteiger partial charge on any atom is 0.131 e. The van der Waals surface area contributed by atoms with Crippen molar-refractivity contribution in [1.29, 1.82) is 5.26 Å². The molecule has 0 atom stereocenters. The van der Waals surface area contributed by atoms with Crippen molar-refractivity contribution in [3.05, 3.63) is 45.9 Å². The number of hydrogen-bond acceptors (Lipinski definition) is 4. The van der Waals surface area contributed by atoms with Crippen LogP contribution in [-0.2, 0) is 6.61 Å². The Labute approximate surface area is 97.9 Å². The van der Waals surface area contributed by atoms with E-state index in [4.69, 9.17) is 10.00 Å². The van der Waals surface area contributed by atoms with Crippen molar-refractivity contribution in [3.63, 3.8) is 0 Å². The summed E-state index contributed by atoms with van der Waals surface area (Å²) in [6.45, 7) is 2.50. The van der Waals surface area contributed by atoms with Crippen LogP contribution < -0.4 is 4.74 Å². The van der Waals surface area contributed by atoms with Crippen LogP contribution in [0.2, 0.25) is 0 Å². The summed E-state index contributed by atoms with van der Waals surface area (Å²) >= 11 is 1.61. The highest BCUT2D eigenvalue weighted by atomic mass is 32.1. The first-order valence-corrected chi connectivity index (χ1v) is 5.69. The molecule has 0 bridgehead atoms. The summed E-state index contributed by atoms with van der Waals surface area (Å²) in [7, 11) is 0. The van der Waals surface area contributed by atoms with Gasteiger partial charge in [0, 0.05) is 4.88 Å². The number of hydrogen-bond donors (Lipinski definition) is 0. The summed E-state index contributed by atoms with van der Waals surface area (Å²) in [5, 5.41) is 8.65. The zero-order valence-electron chi connectivity index (χ0n) is 8.80. The third-order valence-electron chi connectivity index (χ3n) is 2.20. The topological polar surface area (TPSA) is 45.9 Å². The third kappa shape index (κ3) is 2.38. The Morgan fingerprint density at radius 2 is 2.12 bits per heavy atom. The highest BCUT2D eigenvalue weighted by Crippen LogP contribution is 2.16. The lowest BCUT2D eigenvalue weighted by molar-refractivity contribution is 0.301. The Morgan fingerprint density at radius 1 is 1.38 bits per heavy atom. The second kappa shape index (κ2) is 4.77. The summed E-state index contributed by atoms with van der Waals surface area (Å²) in [6.07, 6.45) is 0. The highest BCUT2D eigenvalue weighted by molar-refractivity contribution is 7.09. The molecule has 4 heteroatoms. The summed E-state index contributed by atoms with van der Waals surface area (Å²) in [5.41, 5.74) is 3.42. The van der Waals surface area contributed by atoms with Gasteiger partial charge in [0.15, 0.2) is 0 Å². The Kier molecular flexibility index (Phi) is 3.18. The van der Waals surface area contributed by atoms with Crippen LogP contribution in [-0.4, -0.2) is 4.98 Å². The lowest BCUT2D eigenvalue weighted by Gasteiger charge is -2.04. The van der Waals surface area contributed by atoms with E-state index < -0.39 is 0 Å². The Hall–Kier alpha value is -1.86. The van der Waals surface area contributed by atoms with Crippen LogP contribution in [0, 0.1) is 18.3 Å². The van der Waals surface area contributed by atoms with Crippen molar-refractivity contribution in [3.8, 4) is 11.8 Å². The molecule has 0 unspecified atom stereocenters. The van der Waals surface area contributed by atoms with Gasteiger partial charge in [-0.15, -0.1) is 11.3 Å². The van der Waals surface area contributed by atoms with Gasteiger partial charge >= 0.3 is 0 Å². The maximum atomic E-state index is 8.65. The molecule has 1 aromatic carbocycles. The number of ether oxygens (including phenoxy) is 1. The number of nitriles is 1. The molecule has 0 N–H and O–H groups in total. The van der Waals surface area contributed by atoms with Gasteiger partial charge in [-0.25, -0.2) is 4.98 Å². The molecule has 1 heterocycles. The van der Waals surface area contributed by atoms with E-state index in [1.807, 2.05) is 12.4 Å². The quantitative estimate of drug-likeness (QED) is 0.814. The highest BCUT2D eigenvalue weighted by Gasteiger charge is 2.02. The van der Waals surface area contributed by atoms with Crippen molar-refractivity contribution in [2.75, 3.05) is 0 Å². The van der Waals surface area contributed by atoms with Crippen LogP contribution in [0.5, 0.6) is 5.75 Å². The lowest BCUT2D eigenvalue weighted by atomic mass is 10.2. The fourth-order valence-electron chi connectivity index (χ4n) is 1.24. The predicted molar refractivity (Wildman–Crippen MR) is 62.3 cm³/mol. The van der Waals surface area contributed by atoms with Gasteiger partial charge in [-0.2, -0.15) is 5.26 Å². The summed E-state index contributed by atoms with van der Waals surface area (Å²) in [4.78, 5) is 5.38.